The highest BCUT2D eigenvalue weighted by Crippen LogP contribution is 2.37. The van der Waals surface area contributed by atoms with Crippen LogP contribution in [-0.4, -0.2) is 15.2 Å². The summed E-state index contributed by atoms with van der Waals surface area (Å²) < 4.78 is 15.3. The van der Waals surface area contributed by atoms with Gasteiger partial charge in [0, 0.05) is 29.4 Å². The third-order valence-electron chi connectivity index (χ3n) is 4.07. The van der Waals surface area contributed by atoms with Crippen LogP contribution in [0.25, 0.3) is 5.69 Å². The van der Waals surface area contributed by atoms with Gasteiger partial charge in [0.15, 0.2) is 0 Å². The largest absolute Gasteiger partial charge is 0.490 e. The Morgan fingerprint density at radius 2 is 1.84 bits per heavy atom. The highest BCUT2D eigenvalue weighted by Gasteiger charge is 2.25. The Bertz CT molecular complexity index is 928. The number of hydrogen-bond acceptors (Lipinski definition) is 4. The number of aromatic nitrogens is 2. The van der Waals surface area contributed by atoms with Gasteiger partial charge >= 0.3 is 5.69 Å². The van der Waals surface area contributed by atoms with E-state index in [2.05, 4.69) is 22.6 Å². The Kier molecular flexibility index (Phi) is 5.06. The second kappa shape index (κ2) is 6.95. The molecule has 0 amide bonds. The van der Waals surface area contributed by atoms with Crippen LogP contribution in [-0.2, 0) is 18.0 Å². The molecule has 0 fully saturated rings. The van der Waals surface area contributed by atoms with Crippen molar-refractivity contribution >= 4 is 22.6 Å². The molecule has 1 aromatic carbocycles. The molecular formula is C18H21IN2O4. The lowest BCUT2D eigenvalue weighted by Gasteiger charge is -2.19. The molecule has 7 heteroatoms. The quantitative estimate of drug-likeness (QED) is 0.664. The van der Waals surface area contributed by atoms with Gasteiger partial charge in [-0.1, -0.05) is 0 Å². The normalized spacial score (nSPS) is 13.6. The van der Waals surface area contributed by atoms with E-state index in [0.717, 1.165) is 26.1 Å². The molecule has 0 aliphatic carbocycles. The van der Waals surface area contributed by atoms with Crippen molar-refractivity contribution < 1.29 is 9.47 Å². The van der Waals surface area contributed by atoms with E-state index in [1.165, 1.54) is 21.4 Å². The van der Waals surface area contributed by atoms with Crippen LogP contribution in [0.4, 0.5) is 0 Å². The van der Waals surface area contributed by atoms with Crippen LogP contribution in [0.15, 0.2) is 27.9 Å². The van der Waals surface area contributed by atoms with E-state index in [1.807, 2.05) is 33.8 Å². The molecule has 0 atom stereocenters. The molecule has 1 aliphatic rings. The molecule has 1 aliphatic heterocycles. The second-order valence-corrected chi connectivity index (χ2v) is 7.76. The fourth-order valence-electron chi connectivity index (χ4n) is 3.01. The monoisotopic (exact) mass is 456 g/mol. The highest BCUT2D eigenvalue weighted by atomic mass is 127. The number of ether oxygens (including phenoxy) is 2. The first-order chi connectivity index (χ1) is 11.8. The van der Waals surface area contributed by atoms with Crippen LogP contribution in [0, 0.1) is 3.57 Å². The van der Waals surface area contributed by atoms with Gasteiger partial charge in [0.1, 0.15) is 5.75 Å². The zero-order valence-electron chi connectivity index (χ0n) is 14.7. The molecule has 2 aromatic rings. The highest BCUT2D eigenvalue weighted by molar-refractivity contribution is 14.1. The van der Waals surface area contributed by atoms with Crippen molar-refractivity contribution in [1.29, 1.82) is 0 Å². The summed E-state index contributed by atoms with van der Waals surface area (Å²) in [5.41, 5.74) is 2.02. The van der Waals surface area contributed by atoms with E-state index in [1.54, 1.807) is 0 Å². The summed E-state index contributed by atoms with van der Waals surface area (Å²) in [7, 11) is 0. The Hall–Kier alpha value is -1.61. The number of halogens is 1. The maximum Gasteiger partial charge on any atom is 0.335 e. The zero-order valence-corrected chi connectivity index (χ0v) is 16.9. The van der Waals surface area contributed by atoms with Crippen molar-refractivity contribution in [2.45, 2.75) is 53.1 Å². The minimum Gasteiger partial charge on any atom is -0.490 e. The van der Waals surface area contributed by atoms with Gasteiger partial charge in [0.2, 0.25) is 0 Å². The predicted octanol–water partition coefficient (Wildman–Crippen LogP) is 3.00. The molecule has 6 nitrogen and oxygen atoms in total. The van der Waals surface area contributed by atoms with Gasteiger partial charge in [-0.15, -0.1) is 0 Å². The molecule has 3 rings (SSSR count). The minimum absolute atomic E-state index is 0.0506. The van der Waals surface area contributed by atoms with E-state index in [9.17, 15) is 9.59 Å². The molecule has 1 aromatic heterocycles. The third kappa shape index (κ3) is 3.27. The van der Waals surface area contributed by atoms with Crippen molar-refractivity contribution in [2.75, 3.05) is 0 Å². The van der Waals surface area contributed by atoms with Crippen molar-refractivity contribution in [3.63, 3.8) is 0 Å². The summed E-state index contributed by atoms with van der Waals surface area (Å²) in [6, 6.07) is 3.14. The van der Waals surface area contributed by atoms with Crippen LogP contribution in [0.1, 0.15) is 44.9 Å². The van der Waals surface area contributed by atoms with E-state index in [4.69, 9.17) is 9.47 Å². The fraction of sp³-hybridized carbons (Fsp3) is 0.444. The summed E-state index contributed by atoms with van der Waals surface area (Å²) in [6.45, 7) is 8.49. The van der Waals surface area contributed by atoms with E-state index in [-0.39, 0.29) is 23.4 Å². The van der Waals surface area contributed by atoms with Crippen molar-refractivity contribution in [3.05, 3.63) is 53.9 Å². The standard InChI is InChI=1S/C18H21IN2O4/c1-10(2)21-16(22)5-6-20(18(21)23)15-7-14(19)17(25-11(3)4)13-9-24-8-12(13)15/h5-7,10-11H,8-9H2,1-4H3. The van der Waals surface area contributed by atoms with Crippen LogP contribution < -0.4 is 16.0 Å². The van der Waals surface area contributed by atoms with Gasteiger partial charge in [-0.05, 0) is 56.4 Å². The average Bonchev–Trinajstić information content (AvgIpc) is 2.99. The van der Waals surface area contributed by atoms with Gasteiger partial charge in [0.05, 0.1) is 28.6 Å². The average molecular weight is 456 g/mol. The molecule has 0 unspecified atom stereocenters. The van der Waals surface area contributed by atoms with E-state index >= 15 is 0 Å². The van der Waals surface area contributed by atoms with Crippen molar-refractivity contribution in [3.8, 4) is 11.4 Å². The number of nitrogens with zero attached hydrogens (tertiary/aromatic N) is 2. The lowest BCUT2D eigenvalue weighted by molar-refractivity contribution is 0.132. The number of rotatable bonds is 4. The predicted molar refractivity (Wildman–Crippen MR) is 104 cm³/mol. The van der Waals surface area contributed by atoms with Crippen LogP contribution in [0.2, 0.25) is 0 Å². The molecule has 0 saturated heterocycles. The number of fused-ring (bicyclic) bond motifs is 1. The molecule has 0 N–H and O–H groups in total. The number of hydrogen-bond donors (Lipinski definition) is 0. The molecule has 2 heterocycles. The Morgan fingerprint density at radius 3 is 2.48 bits per heavy atom. The molecule has 0 saturated carbocycles. The molecule has 0 spiro atoms. The number of benzene rings is 1. The molecule has 0 bridgehead atoms. The van der Waals surface area contributed by atoms with Crippen molar-refractivity contribution in [1.82, 2.24) is 9.13 Å². The smallest absolute Gasteiger partial charge is 0.335 e. The van der Waals surface area contributed by atoms with Gasteiger partial charge in [-0.25, -0.2) is 4.79 Å². The van der Waals surface area contributed by atoms with Gasteiger partial charge in [-0.2, -0.15) is 0 Å². The fourth-order valence-corrected chi connectivity index (χ4v) is 3.75. The van der Waals surface area contributed by atoms with Crippen LogP contribution in [0.3, 0.4) is 0 Å². The lowest BCUT2D eigenvalue weighted by Crippen LogP contribution is -2.39. The van der Waals surface area contributed by atoms with Gasteiger partial charge in [0.25, 0.3) is 5.56 Å². The SMILES string of the molecule is CC(C)Oc1c(I)cc(-n2ccc(=O)n(C(C)C)c2=O)c2c1COC2. The Balaban J connectivity index is 2.26. The summed E-state index contributed by atoms with van der Waals surface area (Å²) in [5, 5.41) is 0. The molecular weight excluding hydrogens is 435 g/mol. The first-order valence-corrected chi connectivity index (χ1v) is 9.32. The lowest BCUT2D eigenvalue weighted by atomic mass is 10.1. The zero-order chi connectivity index (χ0) is 18.3. The van der Waals surface area contributed by atoms with Crippen LogP contribution >= 0.6 is 22.6 Å². The van der Waals surface area contributed by atoms with Gasteiger partial charge in [-0.3, -0.25) is 13.9 Å². The summed E-state index contributed by atoms with van der Waals surface area (Å²) in [4.78, 5) is 24.9. The topological polar surface area (TPSA) is 62.5 Å². The summed E-state index contributed by atoms with van der Waals surface area (Å²) in [5.74, 6) is 0.817. The van der Waals surface area contributed by atoms with E-state index in [0.29, 0.717) is 13.2 Å². The molecule has 134 valence electrons. The Labute approximate surface area is 159 Å². The molecule has 25 heavy (non-hydrogen) atoms. The first kappa shape index (κ1) is 18.2. The maximum absolute atomic E-state index is 12.9. The summed E-state index contributed by atoms with van der Waals surface area (Å²) >= 11 is 2.22. The minimum atomic E-state index is -0.343. The van der Waals surface area contributed by atoms with Crippen molar-refractivity contribution in [2.24, 2.45) is 0 Å². The third-order valence-corrected chi connectivity index (χ3v) is 4.87. The molecule has 0 radical (unpaired) electrons. The first-order valence-electron chi connectivity index (χ1n) is 8.24. The Morgan fingerprint density at radius 1 is 1.16 bits per heavy atom. The maximum atomic E-state index is 12.9. The van der Waals surface area contributed by atoms with E-state index < -0.39 is 0 Å². The second-order valence-electron chi connectivity index (χ2n) is 6.59. The van der Waals surface area contributed by atoms with Gasteiger partial charge < -0.3 is 9.47 Å². The summed E-state index contributed by atoms with van der Waals surface area (Å²) in [6.07, 6.45) is 1.59. The van der Waals surface area contributed by atoms with Crippen LogP contribution in [0.5, 0.6) is 5.75 Å².